The number of aromatic carboxylic acids is 1. The molecule has 0 atom stereocenters. The van der Waals surface area contributed by atoms with Crippen molar-refractivity contribution in [1.29, 1.82) is 0 Å². The summed E-state index contributed by atoms with van der Waals surface area (Å²) in [4.78, 5) is 15.8. The zero-order valence-corrected chi connectivity index (χ0v) is 16.4. The molecule has 0 saturated heterocycles. The van der Waals surface area contributed by atoms with Crippen molar-refractivity contribution in [2.45, 2.75) is 26.8 Å². The van der Waals surface area contributed by atoms with Gasteiger partial charge in [-0.05, 0) is 49.6 Å². The smallest absolute Gasteiger partial charge is 0.339 e. The van der Waals surface area contributed by atoms with E-state index in [0.717, 1.165) is 47.6 Å². The first-order valence-corrected chi connectivity index (χ1v) is 9.23. The van der Waals surface area contributed by atoms with E-state index in [1.54, 1.807) is 6.07 Å². The number of benzene rings is 2. The summed E-state index contributed by atoms with van der Waals surface area (Å²) in [6, 6.07) is 11.6. The molecule has 0 bridgehead atoms. The molecular formula is C22H25N3O3. The summed E-state index contributed by atoms with van der Waals surface area (Å²) in [7, 11) is 1.49. The van der Waals surface area contributed by atoms with E-state index in [9.17, 15) is 9.90 Å². The van der Waals surface area contributed by atoms with Crippen molar-refractivity contribution in [3.63, 3.8) is 0 Å². The van der Waals surface area contributed by atoms with Gasteiger partial charge >= 0.3 is 5.97 Å². The van der Waals surface area contributed by atoms with Gasteiger partial charge < -0.3 is 19.7 Å². The van der Waals surface area contributed by atoms with Gasteiger partial charge in [-0.15, -0.1) is 0 Å². The largest absolute Gasteiger partial charge is 0.496 e. The highest BCUT2D eigenvalue weighted by Crippen LogP contribution is 2.34. The van der Waals surface area contributed by atoms with Crippen molar-refractivity contribution in [2.75, 3.05) is 19.0 Å². The number of nitrogens with zero attached hydrogens (tertiary/aromatic N) is 2. The zero-order chi connectivity index (χ0) is 20.1. The van der Waals surface area contributed by atoms with Crippen LogP contribution in [0.25, 0.3) is 11.1 Å². The lowest BCUT2D eigenvalue weighted by atomic mass is 9.97. The topological polar surface area (TPSA) is 76.4 Å². The highest BCUT2D eigenvalue weighted by molar-refractivity contribution is 5.94. The fraction of sp³-hybridized carbons (Fsp3) is 0.273. The third-order valence-electron chi connectivity index (χ3n) is 4.76. The molecule has 146 valence electrons. The molecule has 0 aliphatic heterocycles. The Morgan fingerprint density at radius 2 is 2.04 bits per heavy atom. The highest BCUT2D eigenvalue weighted by Gasteiger charge is 2.16. The molecular weight excluding hydrogens is 354 g/mol. The number of hydrogen-bond acceptors (Lipinski definition) is 4. The molecule has 0 unspecified atom stereocenters. The van der Waals surface area contributed by atoms with Gasteiger partial charge in [-0.2, -0.15) is 0 Å². The Morgan fingerprint density at radius 1 is 1.25 bits per heavy atom. The third-order valence-corrected chi connectivity index (χ3v) is 4.76. The van der Waals surface area contributed by atoms with E-state index < -0.39 is 5.97 Å². The molecule has 0 radical (unpaired) electrons. The van der Waals surface area contributed by atoms with Gasteiger partial charge in [-0.25, -0.2) is 9.78 Å². The van der Waals surface area contributed by atoms with Crippen molar-refractivity contribution in [3.05, 3.63) is 65.7 Å². The molecule has 3 rings (SSSR count). The van der Waals surface area contributed by atoms with Crippen LogP contribution in [0.4, 0.5) is 5.69 Å². The molecule has 1 aromatic heterocycles. The van der Waals surface area contributed by atoms with Crippen molar-refractivity contribution in [1.82, 2.24) is 9.55 Å². The SMILES string of the molecule is COc1c(C)cc(-c2ccccc2NCCCn2cncc2C)cc1C(=O)O. The summed E-state index contributed by atoms with van der Waals surface area (Å²) in [5.74, 6) is -0.597. The van der Waals surface area contributed by atoms with Gasteiger partial charge in [0.1, 0.15) is 11.3 Å². The lowest BCUT2D eigenvalue weighted by molar-refractivity contribution is 0.0693. The Kier molecular flexibility index (Phi) is 5.99. The number of aromatic nitrogens is 2. The molecule has 1 heterocycles. The standard InChI is InChI=1S/C22H25N3O3/c1-15-11-17(12-19(22(26)27)21(15)28-3)18-7-4-5-8-20(18)24-9-6-10-25-14-23-13-16(25)2/h4-5,7-8,11-14,24H,6,9-10H2,1-3H3,(H,26,27). The summed E-state index contributed by atoms with van der Waals surface area (Å²) in [6.07, 6.45) is 4.65. The first kappa shape index (κ1) is 19.5. The maximum absolute atomic E-state index is 11.6. The van der Waals surface area contributed by atoms with Crippen LogP contribution in [0.3, 0.4) is 0 Å². The summed E-state index contributed by atoms with van der Waals surface area (Å²) in [6.45, 7) is 5.60. The molecule has 6 heteroatoms. The van der Waals surface area contributed by atoms with E-state index in [1.165, 1.54) is 7.11 Å². The summed E-state index contributed by atoms with van der Waals surface area (Å²) >= 11 is 0. The highest BCUT2D eigenvalue weighted by atomic mass is 16.5. The van der Waals surface area contributed by atoms with E-state index in [2.05, 4.69) is 14.9 Å². The molecule has 0 fully saturated rings. The average Bonchev–Trinajstić information content (AvgIpc) is 3.09. The molecule has 2 aromatic carbocycles. The van der Waals surface area contributed by atoms with Gasteiger partial charge in [0.05, 0.1) is 13.4 Å². The number of methoxy groups -OCH3 is 1. The molecule has 6 nitrogen and oxygen atoms in total. The lowest BCUT2D eigenvalue weighted by Gasteiger charge is -2.15. The minimum atomic E-state index is -0.997. The van der Waals surface area contributed by atoms with E-state index in [-0.39, 0.29) is 5.56 Å². The van der Waals surface area contributed by atoms with Gasteiger partial charge in [-0.3, -0.25) is 0 Å². The number of ether oxygens (including phenoxy) is 1. The van der Waals surface area contributed by atoms with E-state index in [4.69, 9.17) is 4.74 Å². The van der Waals surface area contributed by atoms with Crippen LogP contribution in [0.15, 0.2) is 48.9 Å². The number of nitrogens with one attached hydrogen (secondary N) is 1. The Bertz CT molecular complexity index is 979. The minimum Gasteiger partial charge on any atom is -0.496 e. The number of rotatable bonds is 8. The second kappa shape index (κ2) is 8.61. The Morgan fingerprint density at radius 3 is 2.71 bits per heavy atom. The van der Waals surface area contributed by atoms with Gasteiger partial charge in [-0.1, -0.05) is 18.2 Å². The number of carbonyl (C=O) groups is 1. The predicted octanol–water partition coefficient (Wildman–Crippen LogP) is 4.38. The quantitative estimate of drug-likeness (QED) is 0.568. The maximum atomic E-state index is 11.6. The molecule has 0 aliphatic rings. The number of aryl methyl sites for hydroxylation is 3. The molecule has 0 spiro atoms. The average molecular weight is 379 g/mol. The minimum absolute atomic E-state index is 0.169. The normalized spacial score (nSPS) is 10.7. The van der Waals surface area contributed by atoms with Crippen molar-refractivity contribution in [3.8, 4) is 16.9 Å². The summed E-state index contributed by atoms with van der Waals surface area (Å²) < 4.78 is 7.40. The third kappa shape index (κ3) is 4.17. The second-order valence-electron chi connectivity index (χ2n) is 6.73. The van der Waals surface area contributed by atoms with Gasteiger partial charge in [0.15, 0.2) is 0 Å². The van der Waals surface area contributed by atoms with Crippen LogP contribution in [-0.2, 0) is 6.54 Å². The molecule has 2 N–H and O–H groups in total. The van der Waals surface area contributed by atoms with E-state index in [0.29, 0.717) is 5.75 Å². The van der Waals surface area contributed by atoms with Crippen LogP contribution in [0.1, 0.15) is 28.0 Å². The number of para-hydroxylation sites is 1. The number of anilines is 1. The zero-order valence-electron chi connectivity index (χ0n) is 16.4. The predicted molar refractivity (Wildman–Crippen MR) is 110 cm³/mol. The van der Waals surface area contributed by atoms with Crippen molar-refractivity contribution >= 4 is 11.7 Å². The van der Waals surface area contributed by atoms with Crippen LogP contribution in [-0.4, -0.2) is 34.3 Å². The molecule has 0 saturated carbocycles. The number of carboxylic acids is 1. The van der Waals surface area contributed by atoms with Crippen LogP contribution in [0.5, 0.6) is 5.75 Å². The lowest BCUT2D eigenvalue weighted by Crippen LogP contribution is -2.08. The maximum Gasteiger partial charge on any atom is 0.339 e. The van der Waals surface area contributed by atoms with Crippen LogP contribution >= 0.6 is 0 Å². The van der Waals surface area contributed by atoms with Gasteiger partial charge in [0.25, 0.3) is 0 Å². The molecule has 3 aromatic rings. The van der Waals surface area contributed by atoms with Crippen molar-refractivity contribution < 1.29 is 14.6 Å². The van der Waals surface area contributed by atoms with E-state index >= 15 is 0 Å². The Hall–Kier alpha value is -3.28. The van der Waals surface area contributed by atoms with Crippen LogP contribution < -0.4 is 10.1 Å². The first-order valence-electron chi connectivity index (χ1n) is 9.23. The Labute approximate surface area is 164 Å². The molecule has 0 aliphatic carbocycles. The monoisotopic (exact) mass is 379 g/mol. The first-order chi connectivity index (χ1) is 13.5. The van der Waals surface area contributed by atoms with Crippen LogP contribution in [0, 0.1) is 13.8 Å². The van der Waals surface area contributed by atoms with Crippen LogP contribution in [0.2, 0.25) is 0 Å². The second-order valence-corrected chi connectivity index (χ2v) is 6.73. The fourth-order valence-corrected chi connectivity index (χ4v) is 3.34. The number of carboxylic acid groups (broad SMARTS) is 1. The van der Waals surface area contributed by atoms with Crippen molar-refractivity contribution in [2.24, 2.45) is 0 Å². The van der Waals surface area contributed by atoms with Gasteiger partial charge in [0.2, 0.25) is 0 Å². The summed E-state index contributed by atoms with van der Waals surface area (Å²) in [5.41, 5.74) is 4.91. The number of imidazole rings is 1. The fourth-order valence-electron chi connectivity index (χ4n) is 3.34. The Balaban J connectivity index is 1.80. The molecule has 28 heavy (non-hydrogen) atoms. The van der Waals surface area contributed by atoms with E-state index in [1.807, 2.05) is 56.7 Å². The number of hydrogen-bond donors (Lipinski definition) is 2. The molecule has 0 amide bonds. The summed E-state index contributed by atoms with van der Waals surface area (Å²) in [5, 5.41) is 13.0. The van der Waals surface area contributed by atoms with Gasteiger partial charge in [0, 0.05) is 36.2 Å².